The Kier molecular flexibility index (Phi) is 4.18. The molecule has 0 saturated carbocycles. The minimum absolute atomic E-state index is 0.168. The van der Waals surface area contributed by atoms with Gasteiger partial charge in [0.1, 0.15) is 0 Å². The van der Waals surface area contributed by atoms with Crippen LogP contribution in [0.2, 0.25) is 0 Å². The van der Waals surface area contributed by atoms with E-state index in [-0.39, 0.29) is 18.2 Å². The predicted octanol–water partition coefficient (Wildman–Crippen LogP) is 1.85. The van der Waals surface area contributed by atoms with Gasteiger partial charge in [-0.15, -0.1) is 0 Å². The van der Waals surface area contributed by atoms with Gasteiger partial charge in [-0.1, -0.05) is 23.1 Å². The maximum atomic E-state index is 12.0. The van der Waals surface area contributed by atoms with E-state index in [9.17, 15) is 4.79 Å². The van der Waals surface area contributed by atoms with Crippen LogP contribution in [0.1, 0.15) is 27.4 Å². The van der Waals surface area contributed by atoms with E-state index < -0.39 is 0 Å². The highest BCUT2D eigenvalue weighted by atomic mass is 16.5. The summed E-state index contributed by atoms with van der Waals surface area (Å²) in [5.41, 5.74) is 8.39. The predicted molar refractivity (Wildman–Crippen MR) is 76.3 cm³/mol. The van der Waals surface area contributed by atoms with Crippen molar-refractivity contribution in [1.29, 1.82) is 0 Å². The van der Waals surface area contributed by atoms with Crippen molar-refractivity contribution in [2.24, 2.45) is 5.73 Å². The molecule has 0 spiro atoms. The van der Waals surface area contributed by atoms with E-state index in [1.54, 1.807) is 13.0 Å². The van der Waals surface area contributed by atoms with Crippen molar-refractivity contribution in [2.75, 3.05) is 11.9 Å². The Morgan fingerprint density at radius 3 is 2.85 bits per heavy atom. The van der Waals surface area contributed by atoms with Gasteiger partial charge in [0.15, 0.2) is 0 Å². The van der Waals surface area contributed by atoms with Crippen LogP contribution in [0.15, 0.2) is 28.8 Å². The van der Waals surface area contributed by atoms with E-state index in [2.05, 4.69) is 22.3 Å². The number of nitrogens with one attached hydrogen (secondary N) is 1. The fourth-order valence-electron chi connectivity index (χ4n) is 1.67. The number of rotatable bonds is 2. The molecule has 0 radical (unpaired) electrons. The van der Waals surface area contributed by atoms with Crippen LogP contribution >= 0.6 is 0 Å². The zero-order chi connectivity index (χ0) is 14.5. The Balaban J connectivity index is 2.28. The molecule has 5 heteroatoms. The average molecular weight is 269 g/mol. The van der Waals surface area contributed by atoms with Gasteiger partial charge in [-0.05, 0) is 31.5 Å². The molecule has 1 aromatic heterocycles. The van der Waals surface area contributed by atoms with Crippen molar-refractivity contribution >= 4 is 11.6 Å². The molecule has 3 N–H and O–H groups in total. The summed E-state index contributed by atoms with van der Waals surface area (Å²) >= 11 is 0. The van der Waals surface area contributed by atoms with E-state index >= 15 is 0 Å². The highest BCUT2D eigenvalue weighted by molar-refractivity contribution is 6.03. The van der Waals surface area contributed by atoms with E-state index in [1.165, 1.54) is 0 Å². The first-order chi connectivity index (χ1) is 9.60. The third-order valence-corrected chi connectivity index (χ3v) is 2.60. The van der Waals surface area contributed by atoms with Crippen LogP contribution in [-0.4, -0.2) is 17.6 Å². The van der Waals surface area contributed by atoms with Crippen LogP contribution in [0.25, 0.3) is 0 Å². The number of anilines is 1. The lowest BCUT2D eigenvalue weighted by molar-refractivity contribution is 0.0988. The van der Waals surface area contributed by atoms with Crippen LogP contribution in [0.3, 0.4) is 0 Å². The van der Waals surface area contributed by atoms with Crippen LogP contribution in [0.5, 0.6) is 0 Å². The topological polar surface area (TPSA) is 81.1 Å². The van der Waals surface area contributed by atoms with Crippen molar-refractivity contribution < 1.29 is 9.32 Å². The number of hydrogen-bond acceptors (Lipinski definition) is 4. The number of hydrogen-bond donors (Lipinski definition) is 2. The monoisotopic (exact) mass is 269 g/mol. The molecule has 0 fully saturated rings. The van der Waals surface area contributed by atoms with E-state index in [1.807, 2.05) is 25.1 Å². The summed E-state index contributed by atoms with van der Waals surface area (Å²) in [5, 5.41) is 6.46. The number of aromatic nitrogens is 1. The summed E-state index contributed by atoms with van der Waals surface area (Å²) in [5.74, 6) is 5.51. The number of carbonyl (C=O) groups excluding carboxylic acids is 1. The number of benzene rings is 1. The number of amides is 1. The van der Waals surface area contributed by atoms with Gasteiger partial charge < -0.3 is 15.6 Å². The second-order valence-electron chi connectivity index (χ2n) is 4.34. The Hall–Kier alpha value is -2.58. The molecule has 0 aliphatic heterocycles. The van der Waals surface area contributed by atoms with Crippen LogP contribution in [-0.2, 0) is 0 Å². The molecular weight excluding hydrogens is 254 g/mol. The highest BCUT2D eigenvalue weighted by Crippen LogP contribution is 2.18. The zero-order valence-electron chi connectivity index (χ0n) is 11.4. The van der Waals surface area contributed by atoms with E-state index in [4.69, 9.17) is 10.3 Å². The van der Waals surface area contributed by atoms with Gasteiger partial charge in [-0.3, -0.25) is 4.79 Å². The van der Waals surface area contributed by atoms with Gasteiger partial charge in [0.05, 0.1) is 17.9 Å². The van der Waals surface area contributed by atoms with Gasteiger partial charge in [-0.25, -0.2) is 0 Å². The van der Waals surface area contributed by atoms with Gasteiger partial charge in [-0.2, -0.15) is 0 Å². The average Bonchev–Trinajstić information content (AvgIpc) is 2.85. The van der Waals surface area contributed by atoms with Gasteiger partial charge in [0, 0.05) is 11.6 Å². The molecule has 5 nitrogen and oxygen atoms in total. The zero-order valence-corrected chi connectivity index (χ0v) is 11.4. The minimum atomic E-state index is -0.355. The molecule has 102 valence electrons. The number of aryl methyl sites for hydroxylation is 2. The maximum Gasteiger partial charge on any atom is 0.294 e. The standard InChI is InChI=1S/C15H15N3O2/c1-10-5-6-12(4-3-7-16)13(8-10)17-15(19)14-9-11(2)18-20-14/h5-6,8-9H,7,16H2,1-2H3,(H,17,19). The number of nitrogens with zero attached hydrogens (tertiary/aromatic N) is 1. The first kappa shape index (κ1) is 13.8. The second-order valence-corrected chi connectivity index (χ2v) is 4.34. The lowest BCUT2D eigenvalue weighted by atomic mass is 10.1. The number of carbonyl (C=O) groups is 1. The molecule has 0 atom stereocenters. The molecule has 1 amide bonds. The molecule has 0 saturated heterocycles. The van der Waals surface area contributed by atoms with Crippen LogP contribution in [0, 0.1) is 25.7 Å². The summed E-state index contributed by atoms with van der Waals surface area (Å²) in [6, 6.07) is 7.20. The lowest BCUT2D eigenvalue weighted by Crippen LogP contribution is -2.12. The minimum Gasteiger partial charge on any atom is -0.351 e. The Bertz CT molecular complexity index is 693. The molecule has 20 heavy (non-hydrogen) atoms. The van der Waals surface area contributed by atoms with Crippen molar-refractivity contribution in [2.45, 2.75) is 13.8 Å². The van der Waals surface area contributed by atoms with Crippen molar-refractivity contribution in [1.82, 2.24) is 5.16 Å². The largest absolute Gasteiger partial charge is 0.351 e. The normalized spacial score (nSPS) is 9.75. The third kappa shape index (κ3) is 3.25. The lowest BCUT2D eigenvalue weighted by Gasteiger charge is -2.07. The molecule has 0 bridgehead atoms. The van der Waals surface area contributed by atoms with Gasteiger partial charge >= 0.3 is 0 Å². The summed E-state index contributed by atoms with van der Waals surface area (Å²) < 4.78 is 4.93. The molecule has 1 heterocycles. The smallest absolute Gasteiger partial charge is 0.294 e. The van der Waals surface area contributed by atoms with E-state index in [0.717, 1.165) is 5.56 Å². The molecule has 2 rings (SSSR count). The molecule has 0 aliphatic carbocycles. The Morgan fingerprint density at radius 1 is 1.40 bits per heavy atom. The second kappa shape index (κ2) is 6.04. The molecule has 0 unspecified atom stereocenters. The van der Waals surface area contributed by atoms with Crippen LogP contribution in [0.4, 0.5) is 5.69 Å². The summed E-state index contributed by atoms with van der Waals surface area (Å²) in [7, 11) is 0. The summed E-state index contributed by atoms with van der Waals surface area (Å²) in [6.45, 7) is 3.96. The van der Waals surface area contributed by atoms with Gasteiger partial charge in [0.2, 0.25) is 5.76 Å². The highest BCUT2D eigenvalue weighted by Gasteiger charge is 2.13. The molecule has 1 aromatic carbocycles. The van der Waals surface area contributed by atoms with Crippen molar-refractivity contribution in [3.8, 4) is 11.8 Å². The first-order valence-corrected chi connectivity index (χ1v) is 6.14. The summed E-state index contributed by atoms with van der Waals surface area (Å²) in [6.07, 6.45) is 0. The maximum absolute atomic E-state index is 12.0. The molecular formula is C15H15N3O2. The quantitative estimate of drug-likeness (QED) is 0.815. The first-order valence-electron chi connectivity index (χ1n) is 6.14. The fourth-order valence-corrected chi connectivity index (χ4v) is 1.67. The van der Waals surface area contributed by atoms with E-state index in [0.29, 0.717) is 16.9 Å². The van der Waals surface area contributed by atoms with Crippen LogP contribution < -0.4 is 11.1 Å². The SMILES string of the molecule is Cc1ccc(C#CCN)c(NC(=O)c2cc(C)no2)c1. The van der Waals surface area contributed by atoms with Crippen molar-refractivity contribution in [3.05, 3.63) is 46.8 Å². The summed E-state index contributed by atoms with van der Waals surface area (Å²) in [4.78, 5) is 12.0. The fraction of sp³-hybridized carbons (Fsp3) is 0.200. The Morgan fingerprint density at radius 2 is 2.20 bits per heavy atom. The van der Waals surface area contributed by atoms with Crippen molar-refractivity contribution in [3.63, 3.8) is 0 Å². The number of nitrogens with two attached hydrogens (primary N) is 1. The van der Waals surface area contributed by atoms with Gasteiger partial charge in [0.25, 0.3) is 5.91 Å². The third-order valence-electron chi connectivity index (χ3n) is 2.60. The molecule has 2 aromatic rings. The molecule has 0 aliphatic rings. The Labute approximate surface area is 117 Å².